The van der Waals surface area contributed by atoms with E-state index in [2.05, 4.69) is 25.7 Å². The number of fused-ring (bicyclic) bond motifs is 2. The van der Waals surface area contributed by atoms with Crippen LogP contribution in [0.2, 0.25) is 0 Å². The van der Waals surface area contributed by atoms with Crippen LogP contribution in [-0.2, 0) is 6.54 Å². The number of nitrogens with zero attached hydrogens (tertiary/aromatic N) is 7. The third-order valence-electron chi connectivity index (χ3n) is 6.15. The van der Waals surface area contributed by atoms with Crippen LogP contribution in [0.1, 0.15) is 12.8 Å². The Morgan fingerprint density at radius 1 is 1.29 bits per heavy atom. The number of nitrogens with one attached hydrogen (secondary N) is 1. The van der Waals surface area contributed by atoms with Crippen LogP contribution in [0.3, 0.4) is 0 Å². The molecule has 0 saturated carbocycles. The van der Waals surface area contributed by atoms with Gasteiger partial charge in [-0.15, -0.1) is 10.2 Å². The Hall–Kier alpha value is -3.48. The van der Waals surface area contributed by atoms with Gasteiger partial charge in [-0.1, -0.05) is 11.3 Å². The number of ether oxygens (including phenoxy) is 1. The average molecular weight is 492 g/mol. The number of aromatic nitrogens is 6. The molecule has 9 nitrogen and oxygen atoms in total. The van der Waals surface area contributed by atoms with E-state index in [1.165, 1.54) is 11.6 Å². The second-order valence-electron chi connectivity index (χ2n) is 8.63. The average Bonchev–Trinajstić information content (AvgIpc) is 3.37. The summed E-state index contributed by atoms with van der Waals surface area (Å²) in [5, 5.41) is 15.0. The smallest absolute Gasteiger partial charge is 0.280 e. The van der Waals surface area contributed by atoms with Crippen molar-refractivity contribution < 1.29 is 22.3 Å². The van der Waals surface area contributed by atoms with Gasteiger partial charge in [0.25, 0.3) is 5.92 Å². The molecule has 0 unspecified atom stereocenters. The molecule has 4 heterocycles. The monoisotopic (exact) mass is 492 g/mol. The zero-order valence-electron chi connectivity index (χ0n) is 19.2. The molecular weight excluding hydrogens is 468 g/mol. The van der Waals surface area contributed by atoms with E-state index in [4.69, 9.17) is 4.74 Å². The summed E-state index contributed by atoms with van der Waals surface area (Å²) in [4.78, 5) is 5.82. The minimum absolute atomic E-state index is 0.0294. The van der Waals surface area contributed by atoms with Gasteiger partial charge >= 0.3 is 0 Å². The van der Waals surface area contributed by atoms with Gasteiger partial charge in [-0.3, -0.25) is 4.39 Å². The van der Waals surface area contributed by atoms with Crippen molar-refractivity contribution in [3.8, 4) is 17.0 Å². The Balaban J connectivity index is 1.55. The van der Waals surface area contributed by atoms with E-state index in [9.17, 15) is 13.2 Å². The van der Waals surface area contributed by atoms with Gasteiger partial charge in [0.2, 0.25) is 11.8 Å². The number of piperidine rings is 1. The van der Waals surface area contributed by atoms with Crippen LogP contribution >= 0.6 is 0 Å². The van der Waals surface area contributed by atoms with Crippen molar-refractivity contribution in [1.29, 1.82) is 0 Å². The highest BCUT2D eigenvalue weighted by Gasteiger charge is 2.44. The summed E-state index contributed by atoms with van der Waals surface area (Å²) in [6, 6.07) is 3.91. The molecule has 1 atom stereocenters. The molecule has 0 bridgehead atoms. The van der Waals surface area contributed by atoms with Crippen molar-refractivity contribution in [2.45, 2.75) is 31.4 Å². The summed E-state index contributed by atoms with van der Waals surface area (Å²) in [6.07, 6.45) is 1.62. The van der Waals surface area contributed by atoms with Gasteiger partial charge in [-0.25, -0.2) is 22.4 Å². The quantitative estimate of drug-likeness (QED) is 0.396. The van der Waals surface area contributed by atoms with E-state index >= 15 is 4.39 Å². The van der Waals surface area contributed by atoms with E-state index in [1.54, 1.807) is 34.8 Å². The number of methoxy groups -OCH3 is 1. The lowest BCUT2D eigenvalue weighted by atomic mass is 10.0. The molecular formula is C22H24F4N8O. The van der Waals surface area contributed by atoms with Crippen molar-refractivity contribution in [1.82, 2.24) is 34.5 Å². The van der Waals surface area contributed by atoms with E-state index in [0.717, 1.165) is 6.20 Å². The number of aryl methyl sites for hydroxylation is 1. The lowest BCUT2D eigenvalue weighted by Crippen LogP contribution is -2.53. The Morgan fingerprint density at radius 2 is 2.11 bits per heavy atom. The Labute approximate surface area is 197 Å². The minimum Gasteiger partial charge on any atom is -0.479 e. The molecule has 0 amide bonds. The van der Waals surface area contributed by atoms with Gasteiger partial charge in [0.1, 0.15) is 11.0 Å². The predicted molar refractivity (Wildman–Crippen MR) is 121 cm³/mol. The topological polar surface area (TPSA) is 85.4 Å². The van der Waals surface area contributed by atoms with Crippen molar-refractivity contribution in [3.05, 3.63) is 30.2 Å². The molecule has 1 aliphatic heterocycles. The first-order chi connectivity index (χ1) is 16.8. The van der Waals surface area contributed by atoms with Crippen LogP contribution in [0.4, 0.5) is 23.5 Å². The summed E-state index contributed by atoms with van der Waals surface area (Å²) in [7, 11) is 3.01. The van der Waals surface area contributed by atoms with Crippen LogP contribution in [0.25, 0.3) is 27.7 Å². The molecule has 35 heavy (non-hydrogen) atoms. The number of alkyl halides is 3. The van der Waals surface area contributed by atoms with Crippen LogP contribution in [0.15, 0.2) is 24.4 Å². The zero-order chi connectivity index (χ0) is 24.7. The number of halogens is 4. The number of hydrogen-bond acceptors (Lipinski definition) is 7. The highest BCUT2D eigenvalue weighted by Crippen LogP contribution is 2.36. The first-order valence-corrected chi connectivity index (χ1v) is 11.2. The Morgan fingerprint density at radius 3 is 2.86 bits per heavy atom. The highest BCUT2D eigenvalue weighted by molar-refractivity contribution is 5.89. The molecule has 4 aromatic rings. The van der Waals surface area contributed by atoms with Crippen molar-refractivity contribution >= 4 is 22.5 Å². The maximum absolute atomic E-state index is 15.2. The number of rotatable bonds is 7. The Kier molecular flexibility index (Phi) is 5.95. The molecule has 1 N–H and O–H groups in total. The predicted octanol–water partition coefficient (Wildman–Crippen LogP) is 3.40. The summed E-state index contributed by atoms with van der Waals surface area (Å²) in [6.45, 7) is -0.0491. The number of anilines is 1. The standard InChI is InChI=1S/C22H24F4N8O/c1-32-9-6-17(22(25,26)12-32)27-21-28-20(35-2)19-18(14(24)11-34(19)30-21)13-4-5-15-16(10-13)33(31-29-15)8-3-7-23/h4-5,10-11,17H,3,6-9,12H2,1-2H3,(H,27,30)/t17-/m1/s1. The van der Waals surface area contributed by atoms with Gasteiger partial charge in [0.05, 0.1) is 43.6 Å². The molecule has 0 aliphatic carbocycles. The van der Waals surface area contributed by atoms with Gasteiger partial charge in [-0.2, -0.15) is 4.98 Å². The summed E-state index contributed by atoms with van der Waals surface area (Å²) >= 11 is 0. The van der Waals surface area contributed by atoms with Gasteiger partial charge < -0.3 is 15.0 Å². The molecule has 13 heteroatoms. The summed E-state index contributed by atoms with van der Waals surface area (Å²) in [5.74, 6) is -3.64. The van der Waals surface area contributed by atoms with Crippen LogP contribution < -0.4 is 10.1 Å². The highest BCUT2D eigenvalue weighted by atomic mass is 19.3. The summed E-state index contributed by atoms with van der Waals surface area (Å²) in [5.41, 5.74) is 2.12. The molecule has 1 fully saturated rings. The molecule has 5 rings (SSSR count). The SMILES string of the molecule is COc1nc(N[C@@H]2CCN(C)CC2(F)F)nn2cc(F)c(-c3ccc4nnn(CCCF)c4c3)c12. The summed E-state index contributed by atoms with van der Waals surface area (Å²) < 4.78 is 65.1. The van der Waals surface area contributed by atoms with E-state index < -0.39 is 24.5 Å². The first kappa shape index (κ1) is 23.3. The number of hydrogen-bond donors (Lipinski definition) is 1. The van der Waals surface area contributed by atoms with Crippen LogP contribution in [0, 0.1) is 5.82 Å². The maximum Gasteiger partial charge on any atom is 0.280 e. The van der Waals surface area contributed by atoms with E-state index in [0.29, 0.717) is 29.7 Å². The third-order valence-corrected chi connectivity index (χ3v) is 6.15. The minimum atomic E-state index is -2.99. The second kappa shape index (κ2) is 8.95. The second-order valence-corrected chi connectivity index (χ2v) is 8.63. The van der Waals surface area contributed by atoms with Gasteiger partial charge in [0.15, 0.2) is 5.82 Å². The molecule has 186 valence electrons. The lowest BCUT2D eigenvalue weighted by molar-refractivity contribution is -0.0675. The number of likely N-dealkylation sites (tertiary alicyclic amines) is 1. The van der Waals surface area contributed by atoms with Gasteiger partial charge in [0, 0.05) is 13.1 Å². The molecule has 0 spiro atoms. The van der Waals surface area contributed by atoms with Gasteiger partial charge in [-0.05, 0) is 37.6 Å². The third kappa shape index (κ3) is 4.24. The molecule has 0 radical (unpaired) electrons. The van der Waals surface area contributed by atoms with Crippen LogP contribution in [-0.4, -0.2) is 80.4 Å². The van der Waals surface area contributed by atoms with E-state index in [1.807, 2.05) is 0 Å². The molecule has 1 aliphatic rings. The molecule has 1 saturated heterocycles. The normalized spacial score (nSPS) is 18.4. The van der Waals surface area contributed by atoms with Crippen molar-refractivity contribution in [2.24, 2.45) is 0 Å². The molecule has 1 aromatic carbocycles. The van der Waals surface area contributed by atoms with Crippen molar-refractivity contribution in [3.63, 3.8) is 0 Å². The van der Waals surface area contributed by atoms with Crippen molar-refractivity contribution in [2.75, 3.05) is 39.2 Å². The van der Waals surface area contributed by atoms with Crippen LogP contribution in [0.5, 0.6) is 5.88 Å². The lowest BCUT2D eigenvalue weighted by Gasteiger charge is -2.36. The fourth-order valence-corrected chi connectivity index (χ4v) is 4.44. The number of benzene rings is 1. The Bertz CT molecular complexity index is 1370. The first-order valence-electron chi connectivity index (χ1n) is 11.2. The van der Waals surface area contributed by atoms with E-state index in [-0.39, 0.29) is 42.3 Å². The fourth-order valence-electron chi connectivity index (χ4n) is 4.44. The maximum atomic E-state index is 15.2. The largest absolute Gasteiger partial charge is 0.479 e. The fraction of sp³-hybridized carbons (Fsp3) is 0.455. The zero-order valence-corrected chi connectivity index (χ0v) is 19.2. The molecule has 3 aromatic heterocycles.